The zero-order chi connectivity index (χ0) is 22.8. The van der Waals surface area contributed by atoms with Crippen molar-refractivity contribution in [2.75, 3.05) is 70.1 Å². The second-order valence-electron chi connectivity index (χ2n) is 9.92. The van der Waals surface area contributed by atoms with Crippen LogP contribution < -0.4 is 10.2 Å². The van der Waals surface area contributed by atoms with E-state index < -0.39 is 0 Å². The van der Waals surface area contributed by atoms with Crippen LogP contribution in [-0.4, -0.2) is 92.6 Å². The zero-order valence-corrected chi connectivity index (χ0v) is 20.8. The number of hydrogen-bond donors (Lipinski definition) is 1. The van der Waals surface area contributed by atoms with Gasteiger partial charge in [-0.2, -0.15) is 0 Å². The van der Waals surface area contributed by atoms with Crippen molar-refractivity contribution < 1.29 is 4.79 Å². The molecule has 178 valence electrons. The molecule has 2 aromatic rings. The maximum Gasteiger partial charge on any atom is 0.242 e. The molecule has 1 N–H and O–H groups in total. The van der Waals surface area contributed by atoms with Crippen LogP contribution in [0.5, 0.6) is 0 Å². The van der Waals surface area contributed by atoms with E-state index in [1.54, 1.807) is 11.3 Å². The van der Waals surface area contributed by atoms with E-state index in [9.17, 15) is 4.79 Å². The van der Waals surface area contributed by atoms with Gasteiger partial charge in [0.05, 0.1) is 11.0 Å². The summed E-state index contributed by atoms with van der Waals surface area (Å²) < 4.78 is 0. The molecule has 4 heterocycles. The van der Waals surface area contributed by atoms with Gasteiger partial charge < -0.3 is 20.0 Å². The summed E-state index contributed by atoms with van der Waals surface area (Å²) in [5.41, 5.74) is 2.51. The summed E-state index contributed by atoms with van der Waals surface area (Å²) in [5.74, 6) is 0.172. The first-order valence-electron chi connectivity index (χ1n) is 12.5. The highest BCUT2D eigenvalue weighted by molar-refractivity contribution is 7.19. The van der Waals surface area contributed by atoms with Crippen molar-refractivity contribution in [1.29, 1.82) is 0 Å². The van der Waals surface area contributed by atoms with Crippen LogP contribution in [0.25, 0.3) is 10.4 Å². The fraction of sp³-hybridized carbons (Fsp3) is 0.577. The van der Waals surface area contributed by atoms with Gasteiger partial charge in [0.1, 0.15) is 0 Å². The molecule has 3 aliphatic rings. The first kappa shape index (κ1) is 22.8. The number of hydrogen-bond acceptors (Lipinski definition) is 6. The Labute approximate surface area is 202 Å². The molecule has 0 radical (unpaired) electrons. The van der Waals surface area contributed by atoms with E-state index in [1.807, 2.05) is 0 Å². The minimum absolute atomic E-state index is 0.0202. The molecule has 0 bridgehead atoms. The molecular weight excluding hydrogens is 430 g/mol. The number of nitrogens with zero attached hydrogens (tertiary/aromatic N) is 4. The first-order chi connectivity index (χ1) is 16.1. The summed E-state index contributed by atoms with van der Waals surface area (Å²) in [6, 6.07) is 13.7. The largest absolute Gasteiger partial charge is 0.369 e. The number of carbonyl (C=O) groups excluding carboxylic acids is 1. The van der Waals surface area contributed by atoms with E-state index >= 15 is 0 Å². The number of amides is 1. The lowest BCUT2D eigenvalue weighted by Crippen LogP contribution is -2.49. The Balaban J connectivity index is 1.19. The standard InChI is InChI=1S/C26H37N5OS/c1-28-14-11-22(12-15-28)31-13-3-4-23(31)26(32)27-25-10-9-24(33-25)20-5-7-21(8-6-20)30-18-16-29(2)17-19-30/h5-10,22-23H,3-4,11-19H2,1-2H3,(H,27,32)/t23-/m0/s1. The lowest BCUT2D eigenvalue weighted by atomic mass is 10.0. The third kappa shape index (κ3) is 5.27. The molecule has 5 rings (SSSR count). The van der Waals surface area contributed by atoms with Gasteiger partial charge in [-0.25, -0.2) is 0 Å². The summed E-state index contributed by atoms with van der Waals surface area (Å²) in [7, 11) is 4.38. The van der Waals surface area contributed by atoms with Gasteiger partial charge in [0.2, 0.25) is 5.91 Å². The fourth-order valence-corrected chi connectivity index (χ4v) is 6.41. The van der Waals surface area contributed by atoms with Crippen molar-refractivity contribution in [3.05, 3.63) is 36.4 Å². The van der Waals surface area contributed by atoms with Gasteiger partial charge in [-0.05, 0) is 89.2 Å². The summed E-state index contributed by atoms with van der Waals surface area (Å²) in [6.07, 6.45) is 4.45. The molecule has 33 heavy (non-hydrogen) atoms. The average molecular weight is 468 g/mol. The minimum Gasteiger partial charge on any atom is -0.369 e. The molecular formula is C26H37N5OS. The smallest absolute Gasteiger partial charge is 0.242 e. The van der Waals surface area contributed by atoms with Crippen molar-refractivity contribution in [2.45, 2.75) is 37.8 Å². The number of carbonyl (C=O) groups is 1. The summed E-state index contributed by atoms with van der Waals surface area (Å²) in [5, 5.41) is 4.19. The van der Waals surface area contributed by atoms with Crippen molar-refractivity contribution in [3.63, 3.8) is 0 Å². The fourth-order valence-electron chi connectivity index (χ4n) is 5.50. The van der Waals surface area contributed by atoms with Crippen molar-refractivity contribution in [3.8, 4) is 10.4 Å². The van der Waals surface area contributed by atoms with E-state index in [0.29, 0.717) is 6.04 Å². The summed E-state index contributed by atoms with van der Waals surface area (Å²) >= 11 is 1.67. The van der Waals surface area contributed by atoms with Gasteiger partial charge in [-0.1, -0.05) is 12.1 Å². The van der Waals surface area contributed by atoms with Gasteiger partial charge >= 0.3 is 0 Å². The third-order valence-electron chi connectivity index (χ3n) is 7.63. The van der Waals surface area contributed by atoms with Crippen LogP contribution in [0.2, 0.25) is 0 Å². The molecule has 1 aromatic carbocycles. The number of anilines is 2. The number of nitrogens with one attached hydrogen (secondary N) is 1. The molecule has 1 aromatic heterocycles. The number of likely N-dealkylation sites (tertiary alicyclic amines) is 2. The molecule has 7 heteroatoms. The topological polar surface area (TPSA) is 42.1 Å². The normalized spacial score (nSPS) is 23.8. The van der Waals surface area contributed by atoms with Crippen LogP contribution in [0.3, 0.4) is 0 Å². The van der Waals surface area contributed by atoms with Crippen molar-refractivity contribution in [1.82, 2.24) is 14.7 Å². The number of thiophene rings is 1. The predicted molar refractivity (Wildman–Crippen MR) is 138 cm³/mol. The van der Waals surface area contributed by atoms with Gasteiger partial charge in [0, 0.05) is 42.8 Å². The molecule has 0 aliphatic carbocycles. The zero-order valence-electron chi connectivity index (χ0n) is 20.0. The Morgan fingerprint density at radius 3 is 2.27 bits per heavy atom. The predicted octanol–water partition coefficient (Wildman–Crippen LogP) is 3.66. The van der Waals surface area contributed by atoms with E-state index in [0.717, 1.165) is 63.7 Å². The van der Waals surface area contributed by atoms with Gasteiger partial charge in [0.25, 0.3) is 0 Å². The highest BCUT2D eigenvalue weighted by Crippen LogP contribution is 2.34. The minimum atomic E-state index is 0.0202. The number of piperidine rings is 1. The van der Waals surface area contributed by atoms with Gasteiger partial charge in [0.15, 0.2) is 0 Å². The van der Waals surface area contributed by atoms with Crippen molar-refractivity contribution in [2.24, 2.45) is 0 Å². The number of benzene rings is 1. The molecule has 1 atom stereocenters. The van der Waals surface area contributed by atoms with Crippen LogP contribution in [0, 0.1) is 0 Å². The Kier molecular flexibility index (Phi) is 7.02. The lowest BCUT2D eigenvalue weighted by Gasteiger charge is -2.37. The van der Waals surface area contributed by atoms with Crippen LogP contribution >= 0.6 is 11.3 Å². The monoisotopic (exact) mass is 467 g/mol. The second kappa shape index (κ2) is 10.1. The molecule has 1 amide bonds. The van der Waals surface area contributed by atoms with Gasteiger partial charge in [-0.15, -0.1) is 11.3 Å². The van der Waals surface area contributed by atoms with Crippen LogP contribution in [0.4, 0.5) is 10.7 Å². The molecule has 0 unspecified atom stereocenters. The van der Waals surface area contributed by atoms with Gasteiger partial charge in [-0.3, -0.25) is 9.69 Å². The Bertz CT molecular complexity index is 928. The summed E-state index contributed by atoms with van der Waals surface area (Å²) in [4.78, 5) is 24.1. The van der Waals surface area contributed by atoms with E-state index in [1.165, 1.54) is 29.0 Å². The van der Waals surface area contributed by atoms with Crippen molar-refractivity contribution >= 4 is 27.9 Å². The maximum atomic E-state index is 13.2. The Hall–Kier alpha value is -1.93. The van der Waals surface area contributed by atoms with E-state index in [2.05, 4.69) is 75.4 Å². The molecule has 6 nitrogen and oxygen atoms in total. The maximum absolute atomic E-state index is 13.2. The van der Waals surface area contributed by atoms with Crippen LogP contribution in [-0.2, 0) is 4.79 Å². The molecule has 3 aliphatic heterocycles. The average Bonchev–Trinajstić information content (AvgIpc) is 3.50. The lowest BCUT2D eigenvalue weighted by molar-refractivity contribution is -0.121. The number of likely N-dealkylation sites (N-methyl/N-ethyl adjacent to an activating group) is 1. The molecule has 3 saturated heterocycles. The van der Waals surface area contributed by atoms with Crippen LogP contribution in [0.15, 0.2) is 36.4 Å². The third-order valence-corrected chi connectivity index (χ3v) is 8.68. The van der Waals surface area contributed by atoms with E-state index in [-0.39, 0.29) is 11.9 Å². The first-order valence-corrected chi connectivity index (χ1v) is 13.3. The number of piperazine rings is 1. The molecule has 0 spiro atoms. The molecule has 0 saturated carbocycles. The highest BCUT2D eigenvalue weighted by atomic mass is 32.1. The quantitative estimate of drug-likeness (QED) is 0.727. The Morgan fingerprint density at radius 1 is 0.848 bits per heavy atom. The number of rotatable bonds is 5. The SMILES string of the molecule is CN1CCC(N2CCC[C@H]2C(=O)Nc2ccc(-c3ccc(N4CCN(C)CC4)cc3)s2)CC1. The molecule has 3 fully saturated rings. The Morgan fingerprint density at radius 2 is 1.55 bits per heavy atom. The van der Waals surface area contributed by atoms with Crippen LogP contribution in [0.1, 0.15) is 25.7 Å². The highest BCUT2D eigenvalue weighted by Gasteiger charge is 2.36. The van der Waals surface area contributed by atoms with E-state index in [4.69, 9.17) is 0 Å². The second-order valence-corrected chi connectivity index (χ2v) is 11.0. The summed E-state index contributed by atoms with van der Waals surface area (Å²) in [6.45, 7) is 7.73.